The maximum Gasteiger partial charge on any atom is 0.316 e. The van der Waals surface area contributed by atoms with Crippen molar-refractivity contribution in [3.63, 3.8) is 0 Å². The van der Waals surface area contributed by atoms with Gasteiger partial charge in [0.2, 0.25) is 0 Å². The van der Waals surface area contributed by atoms with Crippen molar-refractivity contribution < 1.29 is 4.79 Å². The van der Waals surface area contributed by atoms with Crippen LogP contribution in [0.3, 0.4) is 0 Å². The zero-order valence-electron chi connectivity index (χ0n) is 13.2. The molecule has 1 aromatic rings. The van der Waals surface area contributed by atoms with Crippen molar-refractivity contribution >= 4 is 17.7 Å². The fraction of sp³-hybridized carbons (Fsp3) is 0.615. The van der Waals surface area contributed by atoms with Gasteiger partial charge in [-0.3, -0.25) is 0 Å². The number of urea groups is 1. The average molecular weight is 295 g/mol. The normalized spacial score (nSPS) is 10.1. The van der Waals surface area contributed by atoms with Gasteiger partial charge in [0, 0.05) is 39.2 Å². The number of nitrogens with two attached hydrogens (primary N) is 1. The molecule has 8 nitrogen and oxygen atoms in total. The van der Waals surface area contributed by atoms with E-state index in [0.717, 1.165) is 30.0 Å². The Balaban J connectivity index is 2.65. The highest BCUT2D eigenvalue weighted by Crippen LogP contribution is 2.19. The minimum Gasteiger partial charge on any atom is -0.368 e. The topological polar surface area (TPSA) is 108 Å². The van der Waals surface area contributed by atoms with E-state index in [1.54, 1.807) is 14.1 Å². The van der Waals surface area contributed by atoms with Crippen LogP contribution in [0.1, 0.15) is 24.7 Å². The van der Waals surface area contributed by atoms with Crippen LogP contribution >= 0.6 is 0 Å². The first-order chi connectivity index (χ1) is 9.99. The minimum atomic E-state index is -0.118. The second kappa shape index (κ2) is 8.25. The fourth-order valence-electron chi connectivity index (χ4n) is 1.72. The minimum absolute atomic E-state index is 0.118. The van der Waals surface area contributed by atoms with Gasteiger partial charge in [-0.25, -0.2) is 20.6 Å². The smallest absolute Gasteiger partial charge is 0.316 e. The number of carbonyl (C=O) groups is 1. The zero-order valence-corrected chi connectivity index (χ0v) is 13.2. The van der Waals surface area contributed by atoms with Crippen molar-refractivity contribution in [1.82, 2.24) is 20.2 Å². The van der Waals surface area contributed by atoms with E-state index in [0.29, 0.717) is 18.9 Å². The average Bonchev–Trinajstić information content (AvgIpc) is 2.46. The molecule has 5 N–H and O–H groups in total. The van der Waals surface area contributed by atoms with Crippen LogP contribution in [0.2, 0.25) is 0 Å². The van der Waals surface area contributed by atoms with Crippen molar-refractivity contribution in [2.75, 3.05) is 37.9 Å². The molecule has 1 aromatic heterocycles. The number of anilines is 2. The quantitative estimate of drug-likeness (QED) is 0.335. The summed E-state index contributed by atoms with van der Waals surface area (Å²) in [6.07, 6.45) is 1.76. The van der Waals surface area contributed by atoms with Gasteiger partial charge in [0.1, 0.15) is 17.5 Å². The molecule has 0 atom stereocenters. The number of hydrazine groups is 1. The number of aryl methyl sites for hydroxylation is 1. The van der Waals surface area contributed by atoms with E-state index in [-0.39, 0.29) is 6.03 Å². The molecule has 0 aromatic carbocycles. The number of carbonyl (C=O) groups excluding carboxylic acids is 1. The highest BCUT2D eigenvalue weighted by atomic mass is 16.2. The second-order valence-electron chi connectivity index (χ2n) is 4.91. The summed E-state index contributed by atoms with van der Waals surface area (Å²) in [5, 5.41) is 5.98. The van der Waals surface area contributed by atoms with E-state index < -0.39 is 0 Å². The second-order valence-corrected chi connectivity index (χ2v) is 4.91. The molecule has 0 saturated heterocycles. The summed E-state index contributed by atoms with van der Waals surface area (Å²) >= 11 is 0. The molecule has 0 aliphatic heterocycles. The molecule has 0 aliphatic carbocycles. The summed E-state index contributed by atoms with van der Waals surface area (Å²) < 4.78 is 0. The third-order valence-corrected chi connectivity index (χ3v) is 2.90. The molecule has 0 saturated carbocycles. The third kappa shape index (κ3) is 5.07. The van der Waals surface area contributed by atoms with Crippen LogP contribution in [0.15, 0.2) is 0 Å². The lowest BCUT2D eigenvalue weighted by Crippen LogP contribution is -2.37. The summed E-state index contributed by atoms with van der Waals surface area (Å²) in [5.74, 6) is 7.58. The van der Waals surface area contributed by atoms with Gasteiger partial charge in [0.25, 0.3) is 0 Å². The lowest BCUT2D eigenvalue weighted by Gasteiger charge is -2.15. The number of hydrogen-bond acceptors (Lipinski definition) is 6. The van der Waals surface area contributed by atoms with Gasteiger partial charge in [-0.05, 0) is 13.3 Å². The molecule has 8 heteroatoms. The van der Waals surface area contributed by atoms with Crippen molar-refractivity contribution in [2.45, 2.75) is 26.7 Å². The maximum atomic E-state index is 11.4. The van der Waals surface area contributed by atoms with E-state index in [4.69, 9.17) is 5.84 Å². The van der Waals surface area contributed by atoms with Crippen molar-refractivity contribution in [3.05, 3.63) is 11.4 Å². The summed E-state index contributed by atoms with van der Waals surface area (Å²) in [4.78, 5) is 21.7. The van der Waals surface area contributed by atoms with E-state index >= 15 is 0 Å². The molecular weight excluding hydrogens is 270 g/mol. The van der Waals surface area contributed by atoms with Gasteiger partial charge < -0.3 is 21.0 Å². The molecule has 0 fully saturated rings. The van der Waals surface area contributed by atoms with E-state index in [9.17, 15) is 4.79 Å². The Morgan fingerprint density at radius 3 is 2.48 bits per heavy atom. The number of nitrogen functional groups attached to an aromatic ring is 1. The molecule has 2 amide bonds. The molecule has 0 spiro atoms. The van der Waals surface area contributed by atoms with Gasteiger partial charge in [0.05, 0.1) is 0 Å². The zero-order chi connectivity index (χ0) is 15.8. The lowest BCUT2D eigenvalue weighted by molar-refractivity contribution is 0.218. The Morgan fingerprint density at radius 2 is 1.90 bits per heavy atom. The van der Waals surface area contributed by atoms with E-state index in [2.05, 4.69) is 33.0 Å². The van der Waals surface area contributed by atoms with Crippen LogP contribution < -0.4 is 21.9 Å². The predicted molar refractivity (Wildman–Crippen MR) is 84.1 cm³/mol. The Kier molecular flexibility index (Phi) is 6.67. The van der Waals surface area contributed by atoms with Crippen molar-refractivity contribution in [2.24, 2.45) is 5.84 Å². The molecule has 0 radical (unpaired) electrons. The van der Waals surface area contributed by atoms with Gasteiger partial charge in [-0.1, -0.05) is 6.92 Å². The predicted octanol–water partition coefficient (Wildman–Crippen LogP) is 0.706. The molecule has 0 aliphatic rings. The highest BCUT2D eigenvalue weighted by molar-refractivity contribution is 5.73. The molecule has 0 bridgehead atoms. The first kappa shape index (κ1) is 17.0. The number of nitrogens with zero attached hydrogens (tertiary/aromatic N) is 3. The van der Waals surface area contributed by atoms with Crippen LogP contribution in [-0.2, 0) is 6.42 Å². The first-order valence-electron chi connectivity index (χ1n) is 7.02. The SMILES string of the molecule is CCCc1nc(NN)c(C)c(NCCNC(=O)N(C)C)n1. The Labute approximate surface area is 125 Å². The maximum absolute atomic E-state index is 11.4. The number of aromatic nitrogens is 2. The van der Waals surface area contributed by atoms with Gasteiger partial charge in [-0.2, -0.15) is 0 Å². The Morgan fingerprint density at radius 1 is 1.24 bits per heavy atom. The van der Waals surface area contributed by atoms with Crippen molar-refractivity contribution in [1.29, 1.82) is 0 Å². The number of amides is 2. The molecule has 118 valence electrons. The lowest BCUT2D eigenvalue weighted by atomic mass is 10.2. The monoisotopic (exact) mass is 295 g/mol. The highest BCUT2D eigenvalue weighted by Gasteiger charge is 2.09. The molecule has 0 unspecified atom stereocenters. The van der Waals surface area contributed by atoms with E-state index in [1.807, 2.05) is 6.92 Å². The standard InChI is InChI=1S/C13H25N7O/c1-5-6-10-17-11(9(2)12(18-10)19-14)15-7-8-16-13(21)20(3)4/h5-8,14H2,1-4H3,(H,16,21)(H2,15,17,18,19). The summed E-state index contributed by atoms with van der Waals surface area (Å²) in [6.45, 7) is 5.05. The van der Waals surface area contributed by atoms with Crippen LogP contribution in [0.5, 0.6) is 0 Å². The molecule has 1 rings (SSSR count). The largest absolute Gasteiger partial charge is 0.368 e. The number of hydrogen-bond donors (Lipinski definition) is 4. The third-order valence-electron chi connectivity index (χ3n) is 2.90. The van der Waals surface area contributed by atoms with Crippen LogP contribution in [0.4, 0.5) is 16.4 Å². The van der Waals surface area contributed by atoms with Crippen molar-refractivity contribution in [3.8, 4) is 0 Å². The molecular formula is C13H25N7O. The van der Waals surface area contributed by atoms with Crippen LogP contribution in [-0.4, -0.2) is 48.1 Å². The number of rotatable bonds is 7. The van der Waals surface area contributed by atoms with Crippen LogP contribution in [0.25, 0.3) is 0 Å². The molecule has 1 heterocycles. The van der Waals surface area contributed by atoms with Gasteiger partial charge >= 0.3 is 6.03 Å². The molecule has 21 heavy (non-hydrogen) atoms. The van der Waals surface area contributed by atoms with Gasteiger partial charge in [-0.15, -0.1) is 0 Å². The van der Waals surface area contributed by atoms with Crippen LogP contribution in [0, 0.1) is 6.92 Å². The Bertz CT molecular complexity index is 476. The summed E-state index contributed by atoms with van der Waals surface area (Å²) in [5.41, 5.74) is 3.45. The summed E-state index contributed by atoms with van der Waals surface area (Å²) in [7, 11) is 3.40. The Hall–Kier alpha value is -2.09. The summed E-state index contributed by atoms with van der Waals surface area (Å²) in [6, 6.07) is -0.118. The fourth-order valence-corrected chi connectivity index (χ4v) is 1.72. The number of nitrogens with one attached hydrogen (secondary N) is 3. The van der Waals surface area contributed by atoms with Gasteiger partial charge in [0.15, 0.2) is 0 Å². The van der Waals surface area contributed by atoms with E-state index in [1.165, 1.54) is 4.90 Å². The first-order valence-corrected chi connectivity index (χ1v) is 7.02.